The second kappa shape index (κ2) is 5.50. The average Bonchev–Trinajstić information content (AvgIpc) is 2.72. The summed E-state index contributed by atoms with van der Waals surface area (Å²) < 4.78 is 7.74. The lowest BCUT2D eigenvalue weighted by Crippen LogP contribution is -2.11. The highest BCUT2D eigenvalue weighted by molar-refractivity contribution is 7.80. The first-order chi connectivity index (χ1) is 8.59. The van der Waals surface area contributed by atoms with E-state index in [2.05, 4.69) is 22.9 Å². The van der Waals surface area contributed by atoms with Crippen LogP contribution in [0.3, 0.4) is 0 Å². The summed E-state index contributed by atoms with van der Waals surface area (Å²) in [7, 11) is 0. The van der Waals surface area contributed by atoms with Gasteiger partial charge in [0.15, 0.2) is 0 Å². The molecule has 0 spiro atoms. The van der Waals surface area contributed by atoms with Crippen LogP contribution >= 0.6 is 12.2 Å². The van der Waals surface area contributed by atoms with Gasteiger partial charge in [-0.1, -0.05) is 24.4 Å². The molecule has 1 aromatic heterocycles. The minimum Gasteiger partial charge on any atom is -0.389 e. The van der Waals surface area contributed by atoms with E-state index in [-0.39, 0.29) is 6.10 Å². The monoisotopic (exact) mass is 262 g/mol. The first-order valence-corrected chi connectivity index (χ1v) is 6.49. The number of thiocarbonyl (C=S) groups is 1. The van der Waals surface area contributed by atoms with Gasteiger partial charge in [-0.2, -0.15) is 0 Å². The zero-order valence-electron chi connectivity index (χ0n) is 10.7. The Morgan fingerprint density at radius 3 is 2.83 bits per heavy atom. The number of nitrogens with two attached hydrogens (primary N) is 1. The fraction of sp³-hybridized carbons (Fsp3) is 0.357. The van der Waals surface area contributed by atoms with Crippen molar-refractivity contribution in [3.63, 3.8) is 0 Å². The quantitative estimate of drug-likeness (QED) is 0.842. The van der Waals surface area contributed by atoms with Gasteiger partial charge in [0.05, 0.1) is 12.7 Å². The molecule has 0 radical (unpaired) electrons. The SMILES string of the molecule is CC(C)OCCn1ccc2c(C(N)=S)cccc21. The summed E-state index contributed by atoms with van der Waals surface area (Å²) in [4.78, 5) is 0.441. The molecule has 2 rings (SSSR count). The summed E-state index contributed by atoms with van der Waals surface area (Å²) in [5.74, 6) is 0. The summed E-state index contributed by atoms with van der Waals surface area (Å²) in [6, 6.07) is 8.07. The van der Waals surface area contributed by atoms with Gasteiger partial charge in [0.1, 0.15) is 4.99 Å². The minimum atomic E-state index is 0.263. The van der Waals surface area contributed by atoms with Crippen molar-refractivity contribution in [1.29, 1.82) is 0 Å². The van der Waals surface area contributed by atoms with E-state index in [9.17, 15) is 0 Å². The van der Waals surface area contributed by atoms with Crippen LogP contribution in [0.4, 0.5) is 0 Å². The number of nitrogens with zero attached hydrogens (tertiary/aromatic N) is 1. The Morgan fingerprint density at radius 2 is 2.17 bits per heavy atom. The molecule has 0 unspecified atom stereocenters. The predicted octanol–water partition coefficient (Wildman–Crippen LogP) is 2.70. The van der Waals surface area contributed by atoms with Crippen molar-refractivity contribution in [1.82, 2.24) is 4.57 Å². The molecule has 0 saturated heterocycles. The maximum atomic E-state index is 5.73. The highest BCUT2D eigenvalue weighted by atomic mass is 32.1. The zero-order valence-corrected chi connectivity index (χ0v) is 11.5. The van der Waals surface area contributed by atoms with Crippen LogP contribution < -0.4 is 5.73 Å². The van der Waals surface area contributed by atoms with Gasteiger partial charge in [0, 0.05) is 29.2 Å². The number of hydrogen-bond donors (Lipinski definition) is 1. The lowest BCUT2D eigenvalue weighted by molar-refractivity contribution is 0.0733. The van der Waals surface area contributed by atoms with Crippen molar-refractivity contribution in [2.75, 3.05) is 6.61 Å². The predicted molar refractivity (Wildman–Crippen MR) is 78.9 cm³/mol. The van der Waals surface area contributed by atoms with Crippen molar-refractivity contribution >= 4 is 28.1 Å². The van der Waals surface area contributed by atoms with Crippen molar-refractivity contribution < 1.29 is 4.74 Å². The van der Waals surface area contributed by atoms with Crippen LogP contribution in [0.5, 0.6) is 0 Å². The first-order valence-electron chi connectivity index (χ1n) is 6.09. The number of benzene rings is 1. The Balaban J connectivity index is 2.26. The van der Waals surface area contributed by atoms with E-state index in [0.29, 0.717) is 11.6 Å². The van der Waals surface area contributed by atoms with E-state index >= 15 is 0 Å². The van der Waals surface area contributed by atoms with Gasteiger partial charge in [0.25, 0.3) is 0 Å². The van der Waals surface area contributed by atoms with Crippen LogP contribution in [0.1, 0.15) is 19.4 Å². The van der Waals surface area contributed by atoms with Crippen LogP contribution in [0.2, 0.25) is 0 Å². The average molecular weight is 262 g/mol. The largest absolute Gasteiger partial charge is 0.389 e. The minimum absolute atomic E-state index is 0.263. The molecular weight excluding hydrogens is 244 g/mol. The molecule has 0 aliphatic rings. The van der Waals surface area contributed by atoms with Gasteiger partial charge < -0.3 is 15.0 Å². The van der Waals surface area contributed by atoms with Crippen LogP contribution in [-0.4, -0.2) is 22.3 Å². The molecule has 1 heterocycles. The highest BCUT2D eigenvalue weighted by Gasteiger charge is 2.07. The van der Waals surface area contributed by atoms with Crippen LogP contribution in [0, 0.1) is 0 Å². The van der Waals surface area contributed by atoms with Gasteiger partial charge in [-0.3, -0.25) is 0 Å². The lowest BCUT2D eigenvalue weighted by Gasteiger charge is -2.09. The number of fused-ring (bicyclic) bond motifs is 1. The Hall–Kier alpha value is -1.39. The van der Waals surface area contributed by atoms with E-state index in [0.717, 1.165) is 23.0 Å². The second-order valence-corrected chi connectivity index (χ2v) is 4.97. The number of ether oxygens (including phenoxy) is 1. The maximum Gasteiger partial charge on any atom is 0.104 e. The van der Waals surface area contributed by atoms with Crippen molar-refractivity contribution in [2.24, 2.45) is 5.73 Å². The van der Waals surface area contributed by atoms with E-state index in [1.165, 1.54) is 0 Å². The summed E-state index contributed by atoms with van der Waals surface area (Å²) in [5.41, 5.74) is 7.81. The molecule has 0 amide bonds. The first kappa shape index (κ1) is 13.1. The fourth-order valence-electron chi connectivity index (χ4n) is 2.02. The zero-order chi connectivity index (χ0) is 13.1. The third kappa shape index (κ3) is 2.71. The number of hydrogen-bond acceptors (Lipinski definition) is 2. The van der Waals surface area contributed by atoms with Gasteiger partial charge >= 0.3 is 0 Å². The molecule has 2 N–H and O–H groups in total. The summed E-state index contributed by atoms with van der Waals surface area (Å²) in [5, 5.41) is 1.11. The highest BCUT2D eigenvalue weighted by Crippen LogP contribution is 2.20. The molecule has 0 fully saturated rings. The molecule has 0 aliphatic carbocycles. The van der Waals surface area contributed by atoms with Gasteiger partial charge in [-0.15, -0.1) is 0 Å². The summed E-state index contributed by atoms with van der Waals surface area (Å²) in [6.45, 7) is 5.62. The molecule has 0 aliphatic heterocycles. The van der Waals surface area contributed by atoms with Crippen LogP contribution in [0.15, 0.2) is 30.5 Å². The van der Waals surface area contributed by atoms with E-state index in [1.54, 1.807) is 0 Å². The molecule has 1 aromatic carbocycles. The van der Waals surface area contributed by atoms with Crippen molar-refractivity contribution in [3.8, 4) is 0 Å². The third-order valence-electron chi connectivity index (χ3n) is 2.86. The van der Waals surface area contributed by atoms with E-state index < -0.39 is 0 Å². The Bertz CT molecular complexity index is 560. The van der Waals surface area contributed by atoms with E-state index in [4.69, 9.17) is 22.7 Å². The lowest BCUT2D eigenvalue weighted by atomic mass is 10.1. The Morgan fingerprint density at radius 1 is 1.39 bits per heavy atom. The van der Waals surface area contributed by atoms with Gasteiger partial charge in [-0.05, 0) is 26.0 Å². The van der Waals surface area contributed by atoms with Crippen molar-refractivity contribution in [2.45, 2.75) is 26.5 Å². The standard InChI is InChI=1S/C14H18N2OS/c1-10(2)17-9-8-16-7-6-11-12(14(15)18)4-3-5-13(11)16/h3-7,10H,8-9H2,1-2H3,(H2,15,18). The maximum absolute atomic E-state index is 5.73. The molecular formula is C14H18N2OS. The molecule has 3 nitrogen and oxygen atoms in total. The summed E-state index contributed by atoms with van der Waals surface area (Å²) >= 11 is 5.06. The number of aromatic nitrogens is 1. The molecule has 4 heteroatoms. The van der Waals surface area contributed by atoms with Crippen LogP contribution in [0.25, 0.3) is 10.9 Å². The smallest absolute Gasteiger partial charge is 0.104 e. The van der Waals surface area contributed by atoms with Crippen LogP contribution in [-0.2, 0) is 11.3 Å². The molecule has 0 saturated carbocycles. The summed E-state index contributed by atoms with van der Waals surface area (Å²) in [6.07, 6.45) is 2.31. The molecule has 0 atom stereocenters. The Labute approximate surface area is 113 Å². The third-order valence-corrected chi connectivity index (χ3v) is 3.08. The van der Waals surface area contributed by atoms with Crippen molar-refractivity contribution in [3.05, 3.63) is 36.0 Å². The molecule has 0 bridgehead atoms. The van der Waals surface area contributed by atoms with E-state index in [1.807, 2.05) is 26.0 Å². The number of rotatable bonds is 5. The second-order valence-electron chi connectivity index (χ2n) is 4.53. The van der Waals surface area contributed by atoms with Gasteiger partial charge in [0.2, 0.25) is 0 Å². The Kier molecular flexibility index (Phi) is 3.99. The molecule has 18 heavy (non-hydrogen) atoms. The van der Waals surface area contributed by atoms with Gasteiger partial charge in [-0.25, -0.2) is 0 Å². The molecule has 96 valence electrons. The fourth-order valence-corrected chi connectivity index (χ4v) is 2.20. The molecule has 2 aromatic rings. The normalized spacial score (nSPS) is 11.3. The topological polar surface area (TPSA) is 40.2 Å².